The van der Waals surface area contributed by atoms with Crippen LogP contribution in [0, 0.1) is 17.7 Å². The molecule has 1 aromatic carbocycles. The number of aliphatic hydroxyl groups excluding tert-OH is 1. The van der Waals surface area contributed by atoms with E-state index in [2.05, 4.69) is 0 Å². The molecule has 1 atom stereocenters. The Bertz CT molecular complexity index is 344. The second-order valence-electron chi connectivity index (χ2n) is 5.11. The minimum atomic E-state index is -0.256. The summed E-state index contributed by atoms with van der Waals surface area (Å²) in [7, 11) is 0. The van der Waals surface area contributed by atoms with Gasteiger partial charge in [-0.05, 0) is 43.0 Å². The average Bonchev–Trinajstić information content (AvgIpc) is 2.43. The van der Waals surface area contributed by atoms with E-state index in [1.807, 2.05) is 0 Å². The molecule has 1 aromatic rings. The van der Waals surface area contributed by atoms with Crippen LogP contribution in [-0.2, 0) is 0 Å². The van der Waals surface area contributed by atoms with E-state index in [0.29, 0.717) is 18.3 Å². The second kappa shape index (κ2) is 6.74. The molecule has 0 aliphatic heterocycles. The molecule has 0 aromatic heterocycles. The highest BCUT2D eigenvalue weighted by Crippen LogP contribution is 2.30. The van der Waals surface area contributed by atoms with Gasteiger partial charge in [-0.3, -0.25) is 0 Å². The fourth-order valence-electron chi connectivity index (χ4n) is 2.68. The maximum Gasteiger partial charge on any atom is 0.123 e. The van der Waals surface area contributed by atoms with Gasteiger partial charge in [0.25, 0.3) is 0 Å². The maximum atomic E-state index is 12.7. The van der Waals surface area contributed by atoms with Gasteiger partial charge in [0.15, 0.2) is 0 Å². The Kier molecular flexibility index (Phi) is 5.00. The fourth-order valence-corrected chi connectivity index (χ4v) is 2.68. The van der Waals surface area contributed by atoms with Gasteiger partial charge in [0.2, 0.25) is 0 Å². The van der Waals surface area contributed by atoms with E-state index in [-0.39, 0.29) is 18.3 Å². The van der Waals surface area contributed by atoms with E-state index in [1.165, 1.54) is 44.2 Å². The van der Waals surface area contributed by atoms with Crippen LogP contribution >= 0.6 is 0 Å². The Balaban J connectivity index is 1.84. The van der Waals surface area contributed by atoms with Crippen molar-refractivity contribution < 1.29 is 14.2 Å². The average molecular weight is 252 g/mol. The first-order chi connectivity index (χ1) is 8.79. The quantitative estimate of drug-likeness (QED) is 0.870. The van der Waals surface area contributed by atoms with Crippen molar-refractivity contribution in [2.45, 2.75) is 32.1 Å². The Hall–Kier alpha value is -1.09. The third kappa shape index (κ3) is 3.70. The topological polar surface area (TPSA) is 29.5 Å². The predicted molar refractivity (Wildman–Crippen MR) is 69.0 cm³/mol. The first-order valence-electron chi connectivity index (χ1n) is 6.79. The van der Waals surface area contributed by atoms with Crippen LogP contribution in [0.25, 0.3) is 0 Å². The number of benzene rings is 1. The van der Waals surface area contributed by atoms with Gasteiger partial charge in [0.1, 0.15) is 11.6 Å². The van der Waals surface area contributed by atoms with Gasteiger partial charge in [-0.15, -0.1) is 0 Å². The lowest BCUT2D eigenvalue weighted by Crippen LogP contribution is -2.26. The van der Waals surface area contributed by atoms with E-state index < -0.39 is 0 Å². The number of hydrogen-bond acceptors (Lipinski definition) is 2. The molecule has 1 saturated carbocycles. The SMILES string of the molecule is OCC(COc1ccc(F)cc1)C1CCCCC1. The Morgan fingerprint density at radius 1 is 1.17 bits per heavy atom. The third-order valence-electron chi connectivity index (χ3n) is 3.83. The number of halogens is 1. The maximum absolute atomic E-state index is 12.7. The summed E-state index contributed by atoms with van der Waals surface area (Å²) in [5.41, 5.74) is 0. The lowest BCUT2D eigenvalue weighted by Gasteiger charge is -2.28. The molecule has 1 N–H and O–H groups in total. The molecule has 3 heteroatoms. The molecule has 1 unspecified atom stereocenters. The van der Waals surface area contributed by atoms with Crippen molar-refractivity contribution in [2.24, 2.45) is 11.8 Å². The normalized spacial score (nSPS) is 18.6. The van der Waals surface area contributed by atoms with E-state index in [9.17, 15) is 9.50 Å². The Morgan fingerprint density at radius 2 is 1.83 bits per heavy atom. The molecule has 0 bridgehead atoms. The molecule has 0 heterocycles. The molecule has 100 valence electrons. The van der Waals surface area contributed by atoms with E-state index in [4.69, 9.17) is 4.74 Å². The van der Waals surface area contributed by atoms with Crippen LogP contribution in [0.1, 0.15) is 32.1 Å². The first kappa shape index (κ1) is 13.3. The van der Waals surface area contributed by atoms with Crippen LogP contribution < -0.4 is 4.74 Å². The smallest absolute Gasteiger partial charge is 0.123 e. The molecule has 0 radical (unpaired) electrons. The molecule has 0 amide bonds. The van der Waals surface area contributed by atoms with E-state index >= 15 is 0 Å². The van der Waals surface area contributed by atoms with Crippen molar-refractivity contribution >= 4 is 0 Å². The highest BCUT2D eigenvalue weighted by molar-refractivity contribution is 5.22. The summed E-state index contributed by atoms with van der Waals surface area (Å²) >= 11 is 0. The Labute approximate surface area is 108 Å². The van der Waals surface area contributed by atoms with Crippen LogP contribution in [0.2, 0.25) is 0 Å². The molecular weight excluding hydrogens is 231 g/mol. The van der Waals surface area contributed by atoms with E-state index in [0.717, 1.165) is 0 Å². The molecule has 18 heavy (non-hydrogen) atoms. The van der Waals surface area contributed by atoms with E-state index in [1.54, 1.807) is 12.1 Å². The van der Waals surface area contributed by atoms with Crippen LogP contribution in [0.3, 0.4) is 0 Å². The summed E-state index contributed by atoms with van der Waals surface area (Å²) in [6, 6.07) is 6.04. The van der Waals surface area contributed by atoms with Gasteiger partial charge < -0.3 is 9.84 Å². The molecular formula is C15H21FO2. The molecule has 0 saturated heterocycles. The number of aliphatic hydroxyl groups is 1. The van der Waals surface area contributed by atoms with Gasteiger partial charge in [-0.1, -0.05) is 19.3 Å². The number of ether oxygens (including phenoxy) is 1. The molecule has 2 nitrogen and oxygen atoms in total. The third-order valence-corrected chi connectivity index (χ3v) is 3.83. The summed E-state index contributed by atoms with van der Waals surface area (Å²) in [5, 5.41) is 9.46. The summed E-state index contributed by atoms with van der Waals surface area (Å²) in [6.45, 7) is 0.693. The monoisotopic (exact) mass is 252 g/mol. The number of hydrogen-bond donors (Lipinski definition) is 1. The second-order valence-corrected chi connectivity index (χ2v) is 5.11. The van der Waals surface area contributed by atoms with Crippen LogP contribution in [0.4, 0.5) is 4.39 Å². The van der Waals surface area contributed by atoms with Crippen molar-refractivity contribution in [3.05, 3.63) is 30.1 Å². The summed E-state index contributed by atoms with van der Waals surface area (Å²) in [6.07, 6.45) is 6.22. The van der Waals surface area contributed by atoms with Crippen molar-refractivity contribution in [2.75, 3.05) is 13.2 Å². The predicted octanol–water partition coefficient (Wildman–Crippen LogP) is 3.39. The minimum Gasteiger partial charge on any atom is -0.493 e. The first-order valence-corrected chi connectivity index (χ1v) is 6.79. The van der Waals surface area contributed by atoms with Gasteiger partial charge in [-0.2, -0.15) is 0 Å². The van der Waals surface area contributed by atoms with Crippen LogP contribution in [0.5, 0.6) is 5.75 Å². The Morgan fingerprint density at radius 3 is 2.44 bits per heavy atom. The standard InChI is InChI=1S/C15H21FO2/c16-14-6-8-15(9-7-14)18-11-13(10-17)12-4-2-1-3-5-12/h6-9,12-13,17H,1-5,10-11H2. The highest BCUT2D eigenvalue weighted by Gasteiger charge is 2.23. The van der Waals surface area contributed by atoms with Gasteiger partial charge in [0.05, 0.1) is 6.61 Å². The van der Waals surface area contributed by atoms with Gasteiger partial charge >= 0.3 is 0 Å². The van der Waals surface area contributed by atoms with Crippen molar-refractivity contribution in [3.63, 3.8) is 0 Å². The molecule has 2 rings (SSSR count). The van der Waals surface area contributed by atoms with Crippen molar-refractivity contribution in [1.29, 1.82) is 0 Å². The zero-order chi connectivity index (χ0) is 12.8. The highest BCUT2D eigenvalue weighted by atomic mass is 19.1. The van der Waals surface area contributed by atoms with Gasteiger partial charge in [0, 0.05) is 12.5 Å². The van der Waals surface area contributed by atoms with Crippen molar-refractivity contribution in [3.8, 4) is 5.75 Å². The van der Waals surface area contributed by atoms with Crippen LogP contribution in [-0.4, -0.2) is 18.3 Å². The molecule has 1 aliphatic rings. The van der Waals surface area contributed by atoms with Crippen LogP contribution in [0.15, 0.2) is 24.3 Å². The molecule has 0 spiro atoms. The minimum absolute atomic E-state index is 0.172. The zero-order valence-corrected chi connectivity index (χ0v) is 10.6. The van der Waals surface area contributed by atoms with Gasteiger partial charge in [-0.25, -0.2) is 4.39 Å². The summed E-state index contributed by atoms with van der Waals surface area (Å²) in [5.74, 6) is 1.19. The largest absolute Gasteiger partial charge is 0.493 e. The zero-order valence-electron chi connectivity index (χ0n) is 10.6. The van der Waals surface area contributed by atoms with Crippen molar-refractivity contribution in [1.82, 2.24) is 0 Å². The molecule has 1 fully saturated rings. The summed E-state index contributed by atoms with van der Waals surface area (Å²) in [4.78, 5) is 0. The lowest BCUT2D eigenvalue weighted by molar-refractivity contribution is 0.0983. The lowest BCUT2D eigenvalue weighted by atomic mass is 9.81. The summed E-state index contributed by atoms with van der Waals surface area (Å²) < 4.78 is 18.4. The molecule has 1 aliphatic carbocycles. The number of rotatable bonds is 5. The fraction of sp³-hybridized carbons (Fsp3) is 0.600.